The summed E-state index contributed by atoms with van der Waals surface area (Å²) in [6, 6.07) is 0. The minimum Gasteiger partial charge on any atom is -0.550 e. The molecule has 3 atom stereocenters. The maximum Gasteiger partial charge on any atom is 0.0417 e. The second-order valence-corrected chi connectivity index (χ2v) is 3.62. The molecule has 0 aliphatic heterocycles. The molecule has 0 radical (unpaired) electrons. The average molecular weight is 151 g/mol. The molecule has 11 heavy (non-hydrogen) atoms. The van der Waals surface area contributed by atoms with E-state index in [2.05, 4.69) is 12.2 Å². The largest absolute Gasteiger partial charge is 0.550 e. The molecule has 2 nitrogen and oxygen atoms in total. The van der Waals surface area contributed by atoms with Gasteiger partial charge in [0.2, 0.25) is 0 Å². The molecule has 0 heterocycles. The predicted molar refractivity (Wildman–Crippen MR) is 38.5 cm³/mol. The van der Waals surface area contributed by atoms with Gasteiger partial charge >= 0.3 is 0 Å². The van der Waals surface area contributed by atoms with Crippen LogP contribution in [0.2, 0.25) is 0 Å². The van der Waals surface area contributed by atoms with Crippen molar-refractivity contribution in [3.63, 3.8) is 0 Å². The lowest BCUT2D eigenvalue weighted by Crippen LogP contribution is -2.26. The van der Waals surface area contributed by atoms with Gasteiger partial charge in [0.25, 0.3) is 0 Å². The van der Waals surface area contributed by atoms with Crippen molar-refractivity contribution in [2.24, 2.45) is 17.8 Å². The molecular formula is C9H11O2-. The number of hydrogen-bond acceptors (Lipinski definition) is 2. The number of carboxylic acids is 1. The van der Waals surface area contributed by atoms with E-state index < -0.39 is 5.97 Å². The Hall–Kier alpha value is -0.790. The summed E-state index contributed by atoms with van der Waals surface area (Å²) in [5, 5.41) is 10.3. The van der Waals surface area contributed by atoms with Gasteiger partial charge in [0, 0.05) is 5.97 Å². The smallest absolute Gasteiger partial charge is 0.0417 e. The SMILES string of the molecule is O=C([O-])CC1CC2C=CC1C2. The molecular weight excluding hydrogens is 140 g/mol. The fraction of sp³-hybridized carbons (Fsp3) is 0.667. The van der Waals surface area contributed by atoms with Crippen molar-refractivity contribution >= 4 is 5.97 Å². The van der Waals surface area contributed by atoms with Gasteiger partial charge in [0.15, 0.2) is 0 Å². The predicted octanol–water partition coefficient (Wildman–Crippen LogP) is 0.339. The number of carboxylic acid groups (broad SMARTS) is 1. The minimum absolute atomic E-state index is 0.255. The molecule has 60 valence electrons. The molecule has 2 aliphatic rings. The quantitative estimate of drug-likeness (QED) is 0.534. The Balaban J connectivity index is 1.98. The summed E-state index contributed by atoms with van der Waals surface area (Å²) in [6.45, 7) is 0. The summed E-state index contributed by atoms with van der Waals surface area (Å²) < 4.78 is 0. The molecule has 0 N–H and O–H groups in total. The van der Waals surface area contributed by atoms with Crippen LogP contribution < -0.4 is 5.11 Å². The van der Waals surface area contributed by atoms with E-state index in [0.717, 1.165) is 6.42 Å². The van der Waals surface area contributed by atoms with Gasteiger partial charge in [-0.1, -0.05) is 12.2 Å². The van der Waals surface area contributed by atoms with Crippen molar-refractivity contribution in [2.75, 3.05) is 0 Å². The third-order valence-corrected chi connectivity index (χ3v) is 2.85. The molecule has 0 amide bonds. The van der Waals surface area contributed by atoms with Crippen molar-refractivity contribution in [2.45, 2.75) is 19.3 Å². The third kappa shape index (κ3) is 1.17. The summed E-state index contributed by atoms with van der Waals surface area (Å²) in [5.41, 5.74) is 0. The number of allylic oxidation sites excluding steroid dienone is 2. The summed E-state index contributed by atoms with van der Waals surface area (Å²) in [5.74, 6) is 0.688. The molecule has 0 aromatic rings. The molecule has 2 aliphatic carbocycles. The van der Waals surface area contributed by atoms with E-state index >= 15 is 0 Å². The van der Waals surface area contributed by atoms with Crippen LogP contribution in [0.1, 0.15) is 19.3 Å². The number of fused-ring (bicyclic) bond motifs is 2. The van der Waals surface area contributed by atoms with Gasteiger partial charge in [-0.25, -0.2) is 0 Å². The molecule has 0 spiro atoms. The first-order valence-electron chi connectivity index (χ1n) is 4.14. The fourth-order valence-corrected chi connectivity index (χ4v) is 2.34. The zero-order valence-electron chi connectivity index (χ0n) is 6.32. The van der Waals surface area contributed by atoms with Crippen molar-refractivity contribution in [3.8, 4) is 0 Å². The highest BCUT2D eigenvalue weighted by Crippen LogP contribution is 2.44. The number of aliphatic carboxylic acids is 1. The van der Waals surface area contributed by atoms with Gasteiger partial charge in [-0.05, 0) is 37.0 Å². The minimum atomic E-state index is -0.893. The highest BCUT2D eigenvalue weighted by atomic mass is 16.4. The Bertz CT molecular complexity index is 208. The van der Waals surface area contributed by atoms with E-state index in [9.17, 15) is 9.90 Å². The Kier molecular flexibility index (Phi) is 1.48. The van der Waals surface area contributed by atoms with Crippen LogP contribution in [0.5, 0.6) is 0 Å². The molecule has 2 bridgehead atoms. The Labute approximate surface area is 65.9 Å². The molecule has 0 aromatic heterocycles. The topological polar surface area (TPSA) is 40.1 Å². The lowest BCUT2D eigenvalue weighted by atomic mass is 9.91. The molecule has 0 saturated heterocycles. The van der Waals surface area contributed by atoms with Crippen molar-refractivity contribution in [1.29, 1.82) is 0 Å². The molecule has 2 heteroatoms. The van der Waals surface area contributed by atoms with Gasteiger partial charge in [0.1, 0.15) is 0 Å². The van der Waals surface area contributed by atoms with Gasteiger partial charge in [-0.15, -0.1) is 0 Å². The van der Waals surface area contributed by atoms with Gasteiger partial charge in [0.05, 0.1) is 0 Å². The van der Waals surface area contributed by atoms with Crippen LogP contribution in [0, 0.1) is 17.8 Å². The maximum absolute atomic E-state index is 10.3. The second-order valence-electron chi connectivity index (χ2n) is 3.62. The summed E-state index contributed by atoms with van der Waals surface area (Å²) >= 11 is 0. The molecule has 3 unspecified atom stereocenters. The lowest BCUT2D eigenvalue weighted by molar-refractivity contribution is -0.307. The number of carbonyl (C=O) groups is 1. The number of carbonyl (C=O) groups excluding carboxylic acids is 1. The molecule has 1 saturated carbocycles. The van der Waals surface area contributed by atoms with Crippen LogP contribution in [0.15, 0.2) is 12.2 Å². The Morgan fingerprint density at radius 1 is 1.45 bits per heavy atom. The second kappa shape index (κ2) is 2.36. The summed E-state index contributed by atoms with van der Waals surface area (Å²) in [4.78, 5) is 10.3. The van der Waals surface area contributed by atoms with E-state index in [1.54, 1.807) is 0 Å². The Morgan fingerprint density at radius 3 is 2.73 bits per heavy atom. The van der Waals surface area contributed by atoms with E-state index in [0.29, 0.717) is 17.8 Å². The zero-order valence-corrected chi connectivity index (χ0v) is 6.32. The molecule has 0 aromatic carbocycles. The highest BCUT2D eigenvalue weighted by molar-refractivity contribution is 5.64. The number of rotatable bonds is 2. The summed E-state index contributed by atoms with van der Waals surface area (Å²) in [6.07, 6.45) is 6.89. The maximum atomic E-state index is 10.3. The average Bonchev–Trinajstić information content (AvgIpc) is 2.45. The zero-order chi connectivity index (χ0) is 7.84. The van der Waals surface area contributed by atoms with Crippen LogP contribution >= 0.6 is 0 Å². The van der Waals surface area contributed by atoms with E-state index in [-0.39, 0.29) is 6.42 Å². The standard InChI is InChI=1S/C9H12O2/c10-9(11)5-8-4-6-1-2-7(8)3-6/h1-2,6-8H,3-5H2,(H,10,11)/p-1. The number of hydrogen-bond donors (Lipinski definition) is 0. The normalized spacial score (nSPS) is 39.8. The van der Waals surface area contributed by atoms with E-state index in [1.165, 1.54) is 6.42 Å². The van der Waals surface area contributed by atoms with Crippen molar-refractivity contribution in [3.05, 3.63) is 12.2 Å². The molecule has 2 rings (SSSR count). The van der Waals surface area contributed by atoms with Crippen molar-refractivity contribution in [1.82, 2.24) is 0 Å². The first-order valence-corrected chi connectivity index (χ1v) is 4.14. The first-order chi connectivity index (χ1) is 5.25. The molecule has 1 fully saturated rings. The summed E-state index contributed by atoms with van der Waals surface area (Å²) in [7, 11) is 0. The van der Waals surface area contributed by atoms with Crippen LogP contribution in [-0.4, -0.2) is 5.97 Å². The van der Waals surface area contributed by atoms with E-state index in [1.807, 2.05) is 0 Å². The fourth-order valence-electron chi connectivity index (χ4n) is 2.34. The van der Waals surface area contributed by atoms with Gasteiger partial charge in [-0.3, -0.25) is 0 Å². The van der Waals surface area contributed by atoms with Gasteiger partial charge in [-0.2, -0.15) is 0 Å². The van der Waals surface area contributed by atoms with Crippen LogP contribution in [0.25, 0.3) is 0 Å². The first kappa shape index (κ1) is 6.89. The van der Waals surface area contributed by atoms with E-state index in [4.69, 9.17) is 0 Å². The van der Waals surface area contributed by atoms with Crippen molar-refractivity contribution < 1.29 is 9.90 Å². The Morgan fingerprint density at radius 2 is 2.27 bits per heavy atom. The third-order valence-electron chi connectivity index (χ3n) is 2.85. The van der Waals surface area contributed by atoms with Crippen LogP contribution in [0.3, 0.4) is 0 Å². The van der Waals surface area contributed by atoms with Crippen LogP contribution in [-0.2, 0) is 4.79 Å². The highest BCUT2D eigenvalue weighted by Gasteiger charge is 2.35. The monoisotopic (exact) mass is 151 g/mol. The lowest BCUT2D eigenvalue weighted by Gasteiger charge is -2.17. The van der Waals surface area contributed by atoms with Gasteiger partial charge < -0.3 is 9.90 Å². The van der Waals surface area contributed by atoms with Crippen LogP contribution in [0.4, 0.5) is 0 Å².